The first-order valence-electron chi connectivity index (χ1n) is 5.02. The molecule has 0 spiro atoms. The number of nitrogens with two attached hydrogens (primary N) is 1. The zero-order valence-corrected chi connectivity index (χ0v) is 9.88. The van der Waals surface area contributed by atoms with E-state index >= 15 is 0 Å². The van der Waals surface area contributed by atoms with Gasteiger partial charge in [-0.2, -0.15) is 0 Å². The standard InChI is InChI=1S/C11H13BrN2O/c12-10-5-4-7(13)6-9(10)11(15)14-8-2-1-3-8/h4-6,8H,1-3,13H2,(H,14,15). The van der Waals surface area contributed by atoms with Crippen molar-refractivity contribution in [1.82, 2.24) is 5.32 Å². The van der Waals surface area contributed by atoms with E-state index in [1.807, 2.05) is 0 Å². The second kappa shape index (κ2) is 4.23. The molecule has 0 bridgehead atoms. The Kier molecular flexibility index (Phi) is 2.95. The predicted octanol–water partition coefficient (Wildman–Crippen LogP) is 2.31. The maximum absolute atomic E-state index is 11.8. The number of benzene rings is 1. The van der Waals surface area contributed by atoms with Gasteiger partial charge in [-0.1, -0.05) is 0 Å². The number of hydrogen-bond acceptors (Lipinski definition) is 2. The number of nitrogens with one attached hydrogen (secondary N) is 1. The lowest BCUT2D eigenvalue weighted by atomic mass is 9.93. The molecule has 3 N–H and O–H groups in total. The number of halogens is 1. The van der Waals surface area contributed by atoms with Crippen molar-refractivity contribution in [2.24, 2.45) is 0 Å². The molecule has 1 aromatic rings. The summed E-state index contributed by atoms with van der Waals surface area (Å²) in [6, 6.07) is 5.61. The van der Waals surface area contributed by atoms with Crippen LogP contribution in [0, 0.1) is 0 Å². The Morgan fingerprint density at radius 3 is 2.80 bits per heavy atom. The van der Waals surface area contributed by atoms with Crippen LogP contribution in [0.3, 0.4) is 0 Å². The van der Waals surface area contributed by atoms with Gasteiger partial charge in [0.1, 0.15) is 0 Å². The first kappa shape index (κ1) is 10.5. The highest BCUT2D eigenvalue weighted by Gasteiger charge is 2.21. The van der Waals surface area contributed by atoms with Crippen molar-refractivity contribution < 1.29 is 4.79 Å². The van der Waals surface area contributed by atoms with Crippen molar-refractivity contribution in [2.75, 3.05) is 5.73 Å². The Balaban J connectivity index is 2.12. The van der Waals surface area contributed by atoms with E-state index in [0.717, 1.165) is 17.3 Å². The summed E-state index contributed by atoms with van der Waals surface area (Å²) in [6.07, 6.45) is 3.39. The van der Waals surface area contributed by atoms with Gasteiger partial charge in [0.25, 0.3) is 5.91 Å². The van der Waals surface area contributed by atoms with Gasteiger partial charge in [-0.25, -0.2) is 0 Å². The molecule has 4 heteroatoms. The number of carbonyl (C=O) groups is 1. The van der Waals surface area contributed by atoms with Gasteiger partial charge in [0, 0.05) is 16.2 Å². The van der Waals surface area contributed by atoms with E-state index in [2.05, 4.69) is 21.2 Å². The summed E-state index contributed by atoms with van der Waals surface area (Å²) in [6.45, 7) is 0. The van der Waals surface area contributed by atoms with Crippen LogP contribution in [0.2, 0.25) is 0 Å². The van der Waals surface area contributed by atoms with Crippen LogP contribution in [-0.2, 0) is 0 Å². The van der Waals surface area contributed by atoms with Crippen molar-refractivity contribution in [3.05, 3.63) is 28.2 Å². The van der Waals surface area contributed by atoms with E-state index in [1.165, 1.54) is 6.42 Å². The van der Waals surface area contributed by atoms with E-state index < -0.39 is 0 Å². The van der Waals surface area contributed by atoms with Crippen molar-refractivity contribution in [1.29, 1.82) is 0 Å². The summed E-state index contributed by atoms with van der Waals surface area (Å²) in [7, 11) is 0. The number of nitrogen functional groups attached to an aromatic ring is 1. The Morgan fingerprint density at radius 1 is 1.47 bits per heavy atom. The highest BCUT2D eigenvalue weighted by Crippen LogP contribution is 2.22. The summed E-state index contributed by atoms with van der Waals surface area (Å²) in [4.78, 5) is 11.8. The highest BCUT2D eigenvalue weighted by molar-refractivity contribution is 9.10. The Morgan fingerprint density at radius 2 is 2.20 bits per heavy atom. The largest absolute Gasteiger partial charge is 0.399 e. The van der Waals surface area contributed by atoms with Gasteiger partial charge in [-0.15, -0.1) is 0 Å². The number of amides is 1. The molecule has 1 aromatic carbocycles. The first-order valence-corrected chi connectivity index (χ1v) is 5.82. The molecule has 0 unspecified atom stereocenters. The zero-order chi connectivity index (χ0) is 10.8. The molecule has 15 heavy (non-hydrogen) atoms. The summed E-state index contributed by atoms with van der Waals surface area (Å²) < 4.78 is 0.786. The molecule has 2 rings (SSSR count). The third-order valence-electron chi connectivity index (χ3n) is 2.68. The average molecular weight is 269 g/mol. The predicted molar refractivity (Wildman–Crippen MR) is 63.7 cm³/mol. The normalized spacial score (nSPS) is 15.8. The van der Waals surface area contributed by atoms with Gasteiger partial charge in [0.15, 0.2) is 0 Å². The lowest BCUT2D eigenvalue weighted by molar-refractivity contribution is 0.0916. The fourth-order valence-corrected chi connectivity index (χ4v) is 1.96. The molecular weight excluding hydrogens is 256 g/mol. The Bertz CT molecular complexity index is 388. The molecular formula is C11H13BrN2O. The van der Waals surface area contributed by atoms with Crippen LogP contribution in [0.5, 0.6) is 0 Å². The van der Waals surface area contributed by atoms with Crippen LogP contribution >= 0.6 is 15.9 Å². The maximum atomic E-state index is 11.8. The quantitative estimate of drug-likeness (QED) is 0.809. The molecule has 1 fully saturated rings. The lowest BCUT2D eigenvalue weighted by Crippen LogP contribution is -2.39. The van der Waals surface area contributed by atoms with E-state index in [0.29, 0.717) is 17.3 Å². The molecule has 3 nitrogen and oxygen atoms in total. The van der Waals surface area contributed by atoms with E-state index in [9.17, 15) is 4.79 Å². The number of anilines is 1. The minimum atomic E-state index is -0.0427. The fraction of sp³-hybridized carbons (Fsp3) is 0.364. The summed E-state index contributed by atoms with van der Waals surface area (Å²) in [5, 5.41) is 2.98. The molecule has 0 aliphatic heterocycles. The van der Waals surface area contributed by atoms with E-state index in [4.69, 9.17) is 5.73 Å². The van der Waals surface area contributed by atoms with Gasteiger partial charge in [0.2, 0.25) is 0 Å². The molecule has 0 saturated heterocycles. The number of rotatable bonds is 2. The lowest BCUT2D eigenvalue weighted by Gasteiger charge is -2.26. The van der Waals surface area contributed by atoms with Gasteiger partial charge in [-0.05, 0) is 53.4 Å². The second-order valence-electron chi connectivity index (χ2n) is 3.84. The molecule has 80 valence electrons. The summed E-state index contributed by atoms with van der Waals surface area (Å²) >= 11 is 3.34. The third kappa shape index (κ3) is 2.31. The summed E-state index contributed by atoms with van der Waals surface area (Å²) in [5.41, 5.74) is 6.86. The second-order valence-corrected chi connectivity index (χ2v) is 4.69. The minimum absolute atomic E-state index is 0.0427. The van der Waals surface area contributed by atoms with Crippen molar-refractivity contribution in [3.8, 4) is 0 Å². The van der Waals surface area contributed by atoms with Crippen LogP contribution in [0.25, 0.3) is 0 Å². The number of carbonyl (C=O) groups excluding carboxylic acids is 1. The Labute approximate surface area is 97.2 Å². The molecule has 0 radical (unpaired) electrons. The van der Waals surface area contributed by atoms with E-state index in [-0.39, 0.29) is 5.91 Å². The SMILES string of the molecule is Nc1ccc(Br)c(C(=O)NC2CCC2)c1. The molecule has 0 atom stereocenters. The average Bonchev–Trinajstić information content (AvgIpc) is 2.15. The van der Waals surface area contributed by atoms with Gasteiger partial charge in [-0.3, -0.25) is 4.79 Å². The van der Waals surface area contributed by atoms with Gasteiger partial charge < -0.3 is 11.1 Å². The molecule has 1 saturated carbocycles. The highest BCUT2D eigenvalue weighted by atomic mass is 79.9. The molecule has 0 aromatic heterocycles. The third-order valence-corrected chi connectivity index (χ3v) is 3.37. The summed E-state index contributed by atoms with van der Waals surface area (Å²) in [5.74, 6) is -0.0427. The molecule has 1 aliphatic carbocycles. The first-order chi connectivity index (χ1) is 7.16. The smallest absolute Gasteiger partial charge is 0.252 e. The van der Waals surface area contributed by atoms with Crippen LogP contribution < -0.4 is 11.1 Å². The topological polar surface area (TPSA) is 55.1 Å². The van der Waals surface area contributed by atoms with E-state index in [1.54, 1.807) is 18.2 Å². The van der Waals surface area contributed by atoms with Crippen LogP contribution in [0.1, 0.15) is 29.6 Å². The maximum Gasteiger partial charge on any atom is 0.252 e. The van der Waals surface area contributed by atoms with Crippen molar-refractivity contribution >= 4 is 27.5 Å². The van der Waals surface area contributed by atoms with Crippen molar-refractivity contribution in [2.45, 2.75) is 25.3 Å². The van der Waals surface area contributed by atoms with Crippen LogP contribution in [0.4, 0.5) is 5.69 Å². The zero-order valence-electron chi connectivity index (χ0n) is 8.29. The molecule has 1 amide bonds. The van der Waals surface area contributed by atoms with Crippen molar-refractivity contribution in [3.63, 3.8) is 0 Å². The monoisotopic (exact) mass is 268 g/mol. The Hall–Kier alpha value is -1.03. The van der Waals surface area contributed by atoms with Gasteiger partial charge >= 0.3 is 0 Å². The van der Waals surface area contributed by atoms with Crippen LogP contribution in [0.15, 0.2) is 22.7 Å². The fourth-order valence-electron chi connectivity index (χ4n) is 1.53. The molecule has 0 heterocycles. The number of hydrogen-bond donors (Lipinski definition) is 2. The minimum Gasteiger partial charge on any atom is -0.399 e. The molecule has 1 aliphatic rings. The van der Waals surface area contributed by atoms with Crippen LogP contribution in [-0.4, -0.2) is 11.9 Å². The van der Waals surface area contributed by atoms with Gasteiger partial charge in [0.05, 0.1) is 5.56 Å².